The van der Waals surface area contributed by atoms with Crippen molar-refractivity contribution in [2.24, 2.45) is 0 Å². The molecule has 0 saturated carbocycles. The minimum atomic E-state index is 0.473. The number of anilines is 1. The lowest BCUT2D eigenvalue weighted by atomic mass is 9.93. The Bertz CT molecular complexity index is 1500. The monoisotopic (exact) mass is 450 g/mol. The first kappa shape index (κ1) is 20.3. The number of aromatic nitrogens is 3. The molecule has 0 bridgehead atoms. The molecule has 5 heterocycles. The van der Waals surface area contributed by atoms with E-state index < -0.39 is 0 Å². The highest BCUT2D eigenvalue weighted by Gasteiger charge is 2.25. The summed E-state index contributed by atoms with van der Waals surface area (Å²) in [4.78, 5) is 7.14. The summed E-state index contributed by atoms with van der Waals surface area (Å²) in [6.07, 6.45) is 3.23. The van der Waals surface area contributed by atoms with Gasteiger partial charge in [0, 0.05) is 43.0 Å². The smallest absolute Gasteiger partial charge is 0.182 e. The van der Waals surface area contributed by atoms with E-state index in [1.165, 1.54) is 5.69 Å². The zero-order chi connectivity index (χ0) is 23.1. The number of nitriles is 1. The van der Waals surface area contributed by atoms with E-state index in [-0.39, 0.29) is 0 Å². The van der Waals surface area contributed by atoms with E-state index in [2.05, 4.69) is 50.7 Å². The molecule has 8 heteroatoms. The number of piperazine rings is 1. The maximum Gasteiger partial charge on any atom is 0.182 e. The number of hydrogen-bond donors (Lipinski definition) is 2. The van der Waals surface area contributed by atoms with Crippen LogP contribution in [0.1, 0.15) is 11.3 Å². The molecule has 8 nitrogen and oxygen atoms in total. The Morgan fingerprint density at radius 3 is 2.53 bits per heavy atom. The number of fused-ring (bicyclic) bond motifs is 1. The summed E-state index contributed by atoms with van der Waals surface area (Å²) < 4.78 is 11.2. The molecule has 0 unspecified atom stereocenters. The third kappa shape index (κ3) is 3.26. The van der Waals surface area contributed by atoms with E-state index in [4.69, 9.17) is 13.8 Å². The van der Waals surface area contributed by atoms with Gasteiger partial charge in [-0.2, -0.15) is 10.4 Å². The van der Waals surface area contributed by atoms with Gasteiger partial charge >= 0.3 is 0 Å². The van der Waals surface area contributed by atoms with Crippen LogP contribution in [0.25, 0.3) is 44.9 Å². The molecule has 1 aromatic carbocycles. The van der Waals surface area contributed by atoms with Crippen molar-refractivity contribution in [3.63, 3.8) is 0 Å². The van der Waals surface area contributed by atoms with Crippen LogP contribution in [0.3, 0.4) is 0 Å². The first-order valence-electron chi connectivity index (χ1n) is 11.2. The molecule has 1 aliphatic rings. The maximum atomic E-state index is 10.3. The Kier molecular flexibility index (Phi) is 4.90. The predicted octanol–water partition coefficient (Wildman–Crippen LogP) is 4.73. The fraction of sp³-hybridized carbons (Fsp3) is 0.192. The van der Waals surface area contributed by atoms with Gasteiger partial charge in [-0.3, -0.25) is 5.10 Å². The normalized spacial score (nSPS) is 13.9. The number of aromatic amines is 1. The third-order valence-corrected chi connectivity index (χ3v) is 6.33. The van der Waals surface area contributed by atoms with Crippen molar-refractivity contribution in [2.45, 2.75) is 6.92 Å². The molecule has 5 aromatic rings. The molecule has 1 fully saturated rings. The van der Waals surface area contributed by atoms with Crippen molar-refractivity contribution in [1.82, 2.24) is 20.5 Å². The number of H-pyrrole nitrogens is 1. The molecule has 1 aliphatic heterocycles. The molecule has 4 aromatic heterocycles. The Balaban J connectivity index is 1.60. The lowest BCUT2D eigenvalue weighted by Gasteiger charge is -2.29. The van der Waals surface area contributed by atoms with Crippen molar-refractivity contribution in [1.29, 1.82) is 5.26 Å². The van der Waals surface area contributed by atoms with Crippen LogP contribution in [0.2, 0.25) is 0 Å². The van der Waals surface area contributed by atoms with Crippen LogP contribution in [0.5, 0.6) is 0 Å². The Labute approximate surface area is 195 Å². The van der Waals surface area contributed by atoms with Crippen molar-refractivity contribution >= 4 is 16.7 Å². The highest BCUT2D eigenvalue weighted by atomic mass is 16.3. The molecule has 0 radical (unpaired) electrons. The molecule has 2 N–H and O–H groups in total. The number of benzene rings is 1. The van der Waals surface area contributed by atoms with Crippen LogP contribution in [0.4, 0.5) is 5.69 Å². The van der Waals surface area contributed by atoms with E-state index >= 15 is 0 Å². The van der Waals surface area contributed by atoms with Gasteiger partial charge in [-0.25, -0.2) is 4.98 Å². The average molecular weight is 451 g/mol. The minimum Gasteiger partial charge on any atom is -0.469 e. The number of rotatable bonds is 4. The summed E-state index contributed by atoms with van der Waals surface area (Å²) >= 11 is 0. The summed E-state index contributed by atoms with van der Waals surface area (Å²) in [5, 5.41) is 22.0. The first-order valence-corrected chi connectivity index (χ1v) is 11.2. The molecule has 0 amide bonds. The molecule has 0 atom stereocenters. The van der Waals surface area contributed by atoms with Crippen LogP contribution in [0.15, 0.2) is 63.8 Å². The molecule has 0 spiro atoms. The van der Waals surface area contributed by atoms with E-state index in [0.717, 1.165) is 48.3 Å². The van der Waals surface area contributed by atoms with Crippen LogP contribution in [-0.4, -0.2) is 41.4 Å². The van der Waals surface area contributed by atoms with Gasteiger partial charge in [0.2, 0.25) is 0 Å². The van der Waals surface area contributed by atoms with Crippen LogP contribution < -0.4 is 10.2 Å². The summed E-state index contributed by atoms with van der Waals surface area (Å²) in [6.45, 7) is 5.75. The fourth-order valence-corrected chi connectivity index (χ4v) is 4.64. The molecule has 6 rings (SSSR count). The van der Waals surface area contributed by atoms with Gasteiger partial charge in [-0.05, 0) is 42.8 Å². The number of aryl methyl sites for hydroxylation is 1. The molecular weight excluding hydrogens is 428 g/mol. The molecule has 34 heavy (non-hydrogen) atoms. The second-order valence-electron chi connectivity index (χ2n) is 8.27. The average Bonchev–Trinajstić information content (AvgIpc) is 3.64. The summed E-state index contributed by atoms with van der Waals surface area (Å²) in [5.74, 6) is 1.34. The van der Waals surface area contributed by atoms with Gasteiger partial charge in [0.25, 0.3) is 0 Å². The summed E-state index contributed by atoms with van der Waals surface area (Å²) in [6, 6.07) is 16.3. The molecule has 168 valence electrons. The van der Waals surface area contributed by atoms with Gasteiger partial charge in [0.05, 0.1) is 29.2 Å². The van der Waals surface area contributed by atoms with Gasteiger partial charge < -0.3 is 19.1 Å². The maximum absolute atomic E-state index is 10.3. The van der Waals surface area contributed by atoms with Crippen LogP contribution in [-0.2, 0) is 0 Å². The van der Waals surface area contributed by atoms with Crippen molar-refractivity contribution in [3.8, 4) is 39.9 Å². The van der Waals surface area contributed by atoms with Crippen LogP contribution >= 0.6 is 0 Å². The number of pyridine rings is 1. The standard InChI is InChI=1S/C26H22N6O2/c1-16-19(8-14-33-16)24-20(15-27)22(17-4-6-18(7-5-17)32-11-9-28-10-12-32)23-25(21-3-2-13-34-21)30-31-26(23)29-24/h2-8,13-14,28H,9-12H2,1H3,(H,29,30,31). The zero-order valence-electron chi connectivity index (χ0n) is 18.6. The van der Waals surface area contributed by atoms with Crippen molar-refractivity contribution < 1.29 is 8.83 Å². The zero-order valence-corrected chi connectivity index (χ0v) is 18.6. The second-order valence-corrected chi connectivity index (χ2v) is 8.27. The predicted molar refractivity (Wildman–Crippen MR) is 129 cm³/mol. The molecule has 0 aliphatic carbocycles. The number of furan rings is 2. The van der Waals surface area contributed by atoms with Crippen LogP contribution in [0, 0.1) is 18.3 Å². The van der Waals surface area contributed by atoms with Crippen molar-refractivity contribution in [2.75, 3.05) is 31.1 Å². The summed E-state index contributed by atoms with van der Waals surface area (Å²) in [7, 11) is 0. The van der Waals surface area contributed by atoms with Crippen molar-refractivity contribution in [3.05, 3.63) is 66.3 Å². The molecular formula is C26H22N6O2. The SMILES string of the molecule is Cc1occc1-c1nc2n[nH]c(-c3ccco3)c2c(-c2ccc(N3CCNCC3)cc2)c1C#N. The van der Waals surface area contributed by atoms with Gasteiger partial charge in [0.1, 0.15) is 17.5 Å². The van der Waals surface area contributed by atoms with E-state index in [0.29, 0.717) is 34.1 Å². The highest BCUT2D eigenvalue weighted by Crippen LogP contribution is 2.41. The fourth-order valence-electron chi connectivity index (χ4n) is 4.64. The topological polar surface area (TPSA) is 107 Å². The second kappa shape index (κ2) is 8.21. The third-order valence-electron chi connectivity index (χ3n) is 6.33. The number of nitrogens with zero attached hydrogens (tertiary/aromatic N) is 4. The lowest BCUT2D eigenvalue weighted by Crippen LogP contribution is -2.43. The highest BCUT2D eigenvalue weighted by molar-refractivity contribution is 6.06. The van der Waals surface area contributed by atoms with E-state index in [1.54, 1.807) is 12.5 Å². The Morgan fingerprint density at radius 2 is 1.85 bits per heavy atom. The van der Waals surface area contributed by atoms with Gasteiger partial charge in [-0.1, -0.05) is 12.1 Å². The molecule has 1 saturated heterocycles. The quantitative estimate of drug-likeness (QED) is 0.407. The van der Waals surface area contributed by atoms with E-state index in [9.17, 15) is 5.26 Å². The van der Waals surface area contributed by atoms with E-state index in [1.807, 2.05) is 25.1 Å². The van der Waals surface area contributed by atoms with Gasteiger partial charge in [-0.15, -0.1) is 0 Å². The number of nitrogens with one attached hydrogen (secondary N) is 2. The Morgan fingerprint density at radius 1 is 1.03 bits per heavy atom. The Hall–Kier alpha value is -4.35. The first-order chi connectivity index (χ1) is 16.7. The largest absolute Gasteiger partial charge is 0.469 e. The lowest BCUT2D eigenvalue weighted by molar-refractivity contribution is 0.535. The minimum absolute atomic E-state index is 0.473. The number of hydrogen-bond acceptors (Lipinski definition) is 7. The van der Waals surface area contributed by atoms with Gasteiger partial charge in [0.15, 0.2) is 11.4 Å². The summed E-state index contributed by atoms with van der Waals surface area (Å²) in [5.41, 5.74) is 5.87.